The molecule has 18 heavy (non-hydrogen) atoms. The Labute approximate surface area is 105 Å². The fourth-order valence-corrected chi connectivity index (χ4v) is 1.63. The molecule has 7 nitrogen and oxygen atoms in total. The molecule has 0 fully saturated rings. The van der Waals surface area contributed by atoms with Crippen LogP contribution in [0.3, 0.4) is 0 Å². The van der Waals surface area contributed by atoms with Crippen molar-refractivity contribution in [2.75, 3.05) is 19.8 Å². The van der Waals surface area contributed by atoms with E-state index in [1.165, 1.54) is 4.90 Å². The van der Waals surface area contributed by atoms with Crippen molar-refractivity contribution < 1.29 is 24.2 Å². The molecule has 0 aromatic rings. The molecule has 2 atom stereocenters. The third-order valence-corrected chi connectivity index (χ3v) is 2.38. The highest BCUT2D eigenvalue weighted by atomic mass is 16.6. The van der Waals surface area contributed by atoms with Gasteiger partial charge in [-0.1, -0.05) is 6.08 Å². The quantitative estimate of drug-likeness (QED) is 0.715. The third-order valence-electron chi connectivity index (χ3n) is 2.38. The Hall–Kier alpha value is -1.76. The van der Waals surface area contributed by atoms with E-state index in [9.17, 15) is 9.59 Å². The van der Waals surface area contributed by atoms with Gasteiger partial charge < -0.3 is 14.6 Å². The van der Waals surface area contributed by atoms with E-state index in [1.54, 1.807) is 26.0 Å². The van der Waals surface area contributed by atoms with Crippen LogP contribution >= 0.6 is 0 Å². The molecule has 2 amide bonds. The van der Waals surface area contributed by atoms with Crippen molar-refractivity contribution in [2.24, 2.45) is 0 Å². The van der Waals surface area contributed by atoms with Crippen molar-refractivity contribution in [3.63, 3.8) is 0 Å². The molecule has 0 radical (unpaired) electrons. The summed E-state index contributed by atoms with van der Waals surface area (Å²) in [5.74, 6) is 0. The van der Waals surface area contributed by atoms with Crippen LogP contribution in [0.4, 0.5) is 9.59 Å². The number of nitrogens with one attached hydrogen (secondary N) is 1. The van der Waals surface area contributed by atoms with Crippen molar-refractivity contribution in [1.82, 2.24) is 10.2 Å². The number of alkyl carbamates (subject to hydrolysis) is 1. The molecular formula is C11H18N2O5. The molecule has 0 saturated heterocycles. The van der Waals surface area contributed by atoms with Crippen LogP contribution in [0.15, 0.2) is 12.2 Å². The predicted molar refractivity (Wildman–Crippen MR) is 62.8 cm³/mol. The van der Waals surface area contributed by atoms with E-state index in [1.807, 2.05) is 0 Å². The van der Waals surface area contributed by atoms with Crippen LogP contribution in [-0.2, 0) is 9.47 Å². The number of aliphatic hydroxyl groups excluding tert-OH is 1. The van der Waals surface area contributed by atoms with E-state index in [2.05, 4.69) is 5.32 Å². The van der Waals surface area contributed by atoms with Gasteiger partial charge in [-0.05, 0) is 19.9 Å². The van der Waals surface area contributed by atoms with Crippen LogP contribution in [0.1, 0.15) is 13.8 Å². The van der Waals surface area contributed by atoms with Gasteiger partial charge in [0.05, 0.1) is 25.9 Å². The summed E-state index contributed by atoms with van der Waals surface area (Å²) in [6.07, 6.45) is 1.35. The molecule has 1 aliphatic heterocycles. The first kappa shape index (κ1) is 14.3. The van der Waals surface area contributed by atoms with E-state index in [-0.39, 0.29) is 19.8 Å². The summed E-state index contributed by atoms with van der Waals surface area (Å²) >= 11 is 0. The summed E-state index contributed by atoms with van der Waals surface area (Å²) in [5, 5.41) is 11.7. The Morgan fingerprint density at radius 3 is 2.50 bits per heavy atom. The van der Waals surface area contributed by atoms with Gasteiger partial charge in [0, 0.05) is 0 Å². The molecule has 7 heteroatoms. The first-order valence-electron chi connectivity index (χ1n) is 5.81. The number of hydrogen-bond acceptors (Lipinski definition) is 5. The molecule has 0 aliphatic carbocycles. The smallest absolute Gasteiger partial charge is 0.412 e. The van der Waals surface area contributed by atoms with Gasteiger partial charge in [-0.25, -0.2) is 9.59 Å². The Kier molecular flexibility index (Phi) is 5.44. The van der Waals surface area contributed by atoms with Crippen LogP contribution in [0.2, 0.25) is 0 Å². The highest BCUT2D eigenvalue weighted by molar-refractivity contribution is 5.73. The lowest BCUT2D eigenvalue weighted by molar-refractivity contribution is 0.0699. The monoisotopic (exact) mass is 258 g/mol. The van der Waals surface area contributed by atoms with Crippen LogP contribution in [0, 0.1) is 0 Å². The summed E-state index contributed by atoms with van der Waals surface area (Å²) in [6, 6.07) is -0.504. The fourth-order valence-electron chi connectivity index (χ4n) is 1.63. The zero-order valence-electron chi connectivity index (χ0n) is 10.5. The Morgan fingerprint density at radius 2 is 1.94 bits per heavy atom. The number of carbonyl (C=O) groups excluding carboxylic acids is 2. The number of rotatable bonds is 4. The highest BCUT2D eigenvalue weighted by Gasteiger charge is 2.34. The molecule has 0 aromatic carbocycles. The Balaban J connectivity index is 2.67. The number of aliphatic hydroxyl groups is 1. The number of ether oxygens (including phenoxy) is 2. The van der Waals surface area contributed by atoms with Crippen LogP contribution in [-0.4, -0.2) is 54.2 Å². The number of amides is 2. The Bertz CT molecular complexity index is 331. The molecule has 1 aliphatic rings. The zero-order chi connectivity index (χ0) is 13.5. The molecule has 2 N–H and O–H groups in total. The summed E-state index contributed by atoms with van der Waals surface area (Å²) in [4.78, 5) is 24.3. The van der Waals surface area contributed by atoms with Gasteiger partial charge in [0.25, 0.3) is 0 Å². The molecule has 102 valence electrons. The second-order valence-electron chi connectivity index (χ2n) is 3.55. The van der Waals surface area contributed by atoms with E-state index < -0.39 is 24.4 Å². The van der Waals surface area contributed by atoms with Gasteiger partial charge in [0.2, 0.25) is 0 Å². The number of nitrogens with zero attached hydrogens (tertiary/aromatic N) is 1. The van der Waals surface area contributed by atoms with Gasteiger partial charge in [-0.2, -0.15) is 0 Å². The van der Waals surface area contributed by atoms with E-state index >= 15 is 0 Å². The van der Waals surface area contributed by atoms with Crippen LogP contribution < -0.4 is 5.32 Å². The predicted octanol–water partition coefficient (Wildman–Crippen LogP) is 0.448. The summed E-state index contributed by atoms with van der Waals surface area (Å²) < 4.78 is 9.61. The first-order chi connectivity index (χ1) is 8.63. The SMILES string of the molecule is CCOC(=O)N[C@@H]1C=C[C@@H](CO)N1C(=O)OCC. The Morgan fingerprint density at radius 1 is 1.28 bits per heavy atom. The van der Waals surface area contributed by atoms with Crippen molar-refractivity contribution in [2.45, 2.75) is 26.1 Å². The summed E-state index contributed by atoms with van der Waals surface area (Å²) in [6.45, 7) is 3.59. The van der Waals surface area contributed by atoms with Crippen molar-refractivity contribution in [1.29, 1.82) is 0 Å². The van der Waals surface area contributed by atoms with E-state index in [0.717, 1.165) is 0 Å². The lowest BCUT2D eigenvalue weighted by Gasteiger charge is -2.28. The molecule has 0 saturated carbocycles. The van der Waals surface area contributed by atoms with Crippen molar-refractivity contribution in [3.8, 4) is 0 Å². The zero-order valence-corrected chi connectivity index (χ0v) is 10.5. The average molecular weight is 258 g/mol. The minimum absolute atomic E-state index is 0.222. The highest BCUT2D eigenvalue weighted by Crippen LogP contribution is 2.16. The summed E-state index contributed by atoms with van der Waals surface area (Å²) in [5.41, 5.74) is 0. The third kappa shape index (κ3) is 3.36. The molecule has 1 rings (SSSR count). The maximum atomic E-state index is 11.7. The molecular weight excluding hydrogens is 240 g/mol. The minimum Gasteiger partial charge on any atom is -0.450 e. The van der Waals surface area contributed by atoms with Gasteiger partial charge in [-0.15, -0.1) is 0 Å². The van der Waals surface area contributed by atoms with Gasteiger partial charge >= 0.3 is 12.2 Å². The minimum atomic E-state index is -0.666. The lowest BCUT2D eigenvalue weighted by atomic mass is 10.3. The maximum Gasteiger partial charge on any atom is 0.412 e. The average Bonchev–Trinajstić information content (AvgIpc) is 2.72. The first-order valence-corrected chi connectivity index (χ1v) is 5.81. The van der Waals surface area contributed by atoms with Gasteiger partial charge in [0.15, 0.2) is 0 Å². The van der Waals surface area contributed by atoms with Crippen molar-refractivity contribution >= 4 is 12.2 Å². The second kappa shape index (κ2) is 6.85. The largest absolute Gasteiger partial charge is 0.450 e. The molecule has 0 bridgehead atoms. The normalized spacial score (nSPS) is 21.8. The molecule has 0 aromatic heterocycles. The maximum absolute atomic E-state index is 11.7. The van der Waals surface area contributed by atoms with Gasteiger partial charge in [-0.3, -0.25) is 10.2 Å². The fraction of sp³-hybridized carbons (Fsp3) is 0.636. The standard InChI is InChI=1S/C11H18N2O5/c1-3-17-10(15)12-9-6-5-8(7-14)13(9)11(16)18-4-2/h5-6,8-9,14H,3-4,7H2,1-2H3,(H,12,15)/t8-,9-/m0/s1. The topological polar surface area (TPSA) is 88.1 Å². The number of hydrogen-bond donors (Lipinski definition) is 2. The lowest BCUT2D eigenvalue weighted by Crippen LogP contribution is -2.51. The number of carbonyl (C=O) groups is 2. The molecule has 0 spiro atoms. The van der Waals surface area contributed by atoms with E-state index in [4.69, 9.17) is 14.6 Å². The second-order valence-corrected chi connectivity index (χ2v) is 3.55. The molecule has 0 unspecified atom stereocenters. The summed E-state index contributed by atoms with van der Waals surface area (Å²) in [7, 11) is 0. The van der Waals surface area contributed by atoms with Crippen LogP contribution in [0.5, 0.6) is 0 Å². The van der Waals surface area contributed by atoms with E-state index in [0.29, 0.717) is 0 Å². The van der Waals surface area contributed by atoms with Gasteiger partial charge in [0.1, 0.15) is 6.17 Å². The molecule has 1 heterocycles. The van der Waals surface area contributed by atoms with Crippen LogP contribution in [0.25, 0.3) is 0 Å². The van der Waals surface area contributed by atoms with Crippen molar-refractivity contribution in [3.05, 3.63) is 12.2 Å².